The van der Waals surface area contributed by atoms with Crippen molar-refractivity contribution < 1.29 is 8.42 Å². The van der Waals surface area contributed by atoms with Gasteiger partial charge in [-0.15, -0.1) is 0 Å². The van der Waals surface area contributed by atoms with E-state index in [9.17, 15) is 8.42 Å². The zero-order valence-corrected chi connectivity index (χ0v) is 13.2. The summed E-state index contributed by atoms with van der Waals surface area (Å²) in [6, 6.07) is 6.18. The molecule has 2 aliphatic heterocycles. The molecule has 2 aliphatic rings. The molecule has 5 nitrogen and oxygen atoms in total. The third kappa shape index (κ3) is 3.45. The van der Waals surface area contributed by atoms with Crippen LogP contribution >= 0.6 is 0 Å². The molecule has 0 radical (unpaired) electrons. The van der Waals surface area contributed by atoms with E-state index in [1.54, 1.807) is 4.31 Å². The van der Waals surface area contributed by atoms with E-state index >= 15 is 0 Å². The van der Waals surface area contributed by atoms with Crippen LogP contribution in [0.2, 0.25) is 0 Å². The van der Waals surface area contributed by atoms with Gasteiger partial charge in [-0.1, -0.05) is 25.1 Å². The first-order valence-corrected chi connectivity index (χ1v) is 9.05. The van der Waals surface area contributed by atoms with Crippen LogP contribution in [-0.4, -0.2) is 25.8 Å². The number of nitrogens with zero attached hydrogens (tertiary/aromatic N) is 1. The number of piperidine rings is 1. The van der Waals surface area contributed by atoms with Gasteiger partial charge in [0.25, 0.3) is 10.2 Å². The summed E-state index contributed by atoms with van der Waals surface area (Å²) < 4.78 is 28.9. The zero-order chi connectivity index (χ0) is 14.9. The van der Waals surface area contributed by atoms with E-state index in [1.807, 2.05) is 6.07 Å². The molecular formula is C15H23N3O2S. The smallest absolute Gasteiger partial charge is 0.279 e. The minimum Gasteiger partial charge on any atom is -0.309 e. The molecule has 0 amide bonds. The Labute approximate surface area is 126 Å². The van der Waals surface area contributed by atoms with Gasteiger partial charge >= 0.3 is 0 Å². The Bertz CT molecular complexity index is 607. The fraction of sp³-hybridized carbons (Fsp3) is 0.600. The van der Waals surface area contributed by atoms with Crippen LogP contribution in [0.15, 0.2) is 18.2 Å². The Balaban J connectivity index is 1.61. The highest BCUT2D eigenvalue weighted by molar-refractivity contribution is 7.87. The Morgan fingerprint density at radius 2 is 1.95 bits per heavy atom. The van der Waals surface area contributed by atoms with E-state index in [2.05, 4.69) is 29.1 Å². The van der Waals surface area contributed by atoms with Crippen LogP contribution in [0.4, 0.5) is 0 Å². The molecule has 21 heavy (non-hydrogen) atoms. The average Bonchev–Trinajstić information content (AvgIpc) is 2.93. The maximum atomic E-state index is 12.3. The molecule has 6 heteroatoms. The molecule has 3 rings (SSSR count). The van der Waals surface area contributed by atoms with Crippen LogP contribution in [0.25, 0.3) is 0 Å². The number of fused-ring (bicyclic) bond motifs is 1. The molecule has 0 spiro atoms. The highest BCUT2D eigenvalue weighted by Gasteiger charge is 2.26. The van der Waals surface area contributed by atoms with Gasteiger partial charge in [-0.25, -0.2) is 0 Å². The van der Waals surface area contributed by atoms with Gasteiger partial charge in [0.05, 0.1) is 0 Å². The predicted molar refractivity (Wildman–Crippen MR) is 82.7 cm³/mol. The lowest BCUT2D eigenvalue weighted by Gasteiger charge is -2.29. The molecule has 116 valence electrons. The Kier molecular flexibility index (Phi) is 4.31. The molecule has 0 bridgehead atoms. The van der Waals surface area contributed by atoms with E-state index < -0.39 is 10.2 Å². The minimum absolute atomic E-state index is 0.363. The second kappa shape index (κ2) is 6.04. The summed E-state index contributed by atoms with van der Waals surface area (Å²) in [6.07, 6.45) is 1.90. The predicted octanol–water partition coefficient (Wildman–Crippen LogP) is 1.36. The fourth-order valence-electron chi connectivity index (χ4n) is 2.95. The maximum Gasteiger partial charge on any atom is 0.279 e. The van der Waals surface area contributed by atoms with Gasteiger partial charge in [0.2, 0.25) is 0 Å². The molecule has 2 N–H and O–H groups in total. The first-order valence-electron chi connectivity index (χ1n) is 7.61. The number of nitrogens with one attached hydrogen (secondary N) is 2. The van der Waals surface area contributed by atoms with Gasteiger partial charge < -0.3 is 5.32 Å². The van der Waals surface area contributed by atoms with E-state index in [0.29, 0.717) is 25.6 Å². The van der Waals surface area contributed by atoms with E-state index in [4.69, 9.17) is 0 Å². The third-order valence-corrected chi connectivity index (χ3v) is 6.00. The summed E-state index contributed by atoms with van der Waals surface area (Å²) >= 11 is 0. The standard InChI is InChI=1S/C15H23N3O2S/c1-12-4-6-18(7-5-12)21(19,20)17-9-13-2-3-14-10-16-11-15(14)8-13/h2-3,8,12,16-17H,4-7,9-11H2,1H3. The average molecular weight is 309 g/mol. The maximum absolute atomic E-state index is 12.3. The first kappa shape index (κ1) is 15.0. The third-order valence-electron chi connectivity index (χ3n) is 4.44. The Hall–Kier alpha value is -0.950. The van der Waals surface area contributed by atoms with Crippen molar-refractivity contribution in [1.29, 1.82) is 0 Å². The highest BCUT2D eigenvalue weighted by atomic mass is 32.2. The molecule has 2 heterocycles. The van der Waals surface area contributed by atoms with Crippen LogP contribution in [0, 0.1) is 5.92 Å². The first-order chi connectivity index (χ1) is 10.0. The Morgan fingerprint density at radius 3 is 2.71 bits per heavy atom. The molecule has 1 saturated heterocycles. The van der Waals surface area contributed by atoms with Crippen LogP contribution in [0.3, 0.4) is 0 Å². The minimum atomic E-state index is -3.35. The van der Waals surface area contributed by atoms with Crippen LogP contribution in [-0.2, 0) is 29.8 Å². The number of hydrogen-bond acceptors (Lipinski definition) is 3. The van der Waals surface area contributed by atoms with Crippen molar-refractivity contribution in [2.24, 2.45) is 5.92 Å². The molecule has 0 unspecified atom stereocenters. The van der Waals surface area contributed by atoms with Gasteiger partial charge in [0.1, 0.15) is 0 Å². The second-order valence-corrected chi connectivity index (χ2v) is 7.87. The summed E-state index contributed by atoms with van der Waals surface area (Å²) in [5.74, 6) is 0.626. The molecular weight excluding hydrogens is 286 g/mol. The number of hydrogen-bond donors (Lipinski definition) is 2. The van der Waals surface area contributed by atoms with Gasteiger partial charge in [0.15, 0.2) is 0 Å². The molecule has 0 atom stereocenters. The van der Waals surface area contributed by atoms with Gasteiger partial charge in [-0.05, 0) is 35.4 Å². The van der Waals surface area contributed by atoms with Crippen molar-refractivity contribution in [3.63, 3.8) is 0 Å². The lowest BCUT2D eigenvalue weighted by atomic mass is 10.0. The number of benzene rings is 1. The van der Waals surface area contributed by atoms with Crippen molar-refractivity contribution in [2.45, 2.75) is 39.4 Å². The Morgan fingerprint density at radius 1 is 1.24 bits per heavy atom. The molecule has 0 aliphatic carbocycles. The normalized spacial score (nSPS) is 20.6. The monoisotopic (exact) mass is 309 g/mol. The number of rotatable bonds is 4. The summed E-state index contributed by atoms with van der Waals surface area (Å²) in [6.45, 7) is 5.58. The molecule has 1 aromatic carbocycles. The van der Waals surface area contributed by atoms with Crippen LogP contribution in [0.1, 0.15) is 36.5 Å². The quantitative estimate of drug-likeness (QED) is 0.883. The molecule has 0 saturated carbocycles. The van der Waals surface area contributed by atoms with Crippen molar-refractivity contribution >= 4 is 10.2 Å². The molecule has 1 aromatic rings. The largest absolute Gasteiger partial charge is 0.309 e. The van der Waals surface area contributed by atoms with Crippen molar-refractivity contribution in [3.05, 3.63) is 34.9 Å². The van der Waals surface area contributed by atoms with E-state index in [0.717, 1.165) is 31.5 Å². The van der Waals surface area contributed by atoms with Gasteiger partial charge in [0, 0.05) is 32.7 Å². The molecule has 1 fully saturated rings. The lowest BCUT2D eigenvalue weighted by Crippen LogP contribution is -2.44. The van der Waals surface area contributed by atoms with Crippen molar-refractivity contribution in [1.82, 2.24) is 14.3 Å². The summed E-state index contributed by atoms with van der Waals surface area (Å²) in [4.78, 5) is 0. The fourth-order valence-corrected chi connectivity index (χ4v) is 4.17. The van der Waals surface area contributed by atoms with Gasteiger partial charge in [-0.3, -0.25) is 0 Å². The van der Waals surface area contributed by atoms with E-state index in [-0.39, 0.29) is 0 Å². The van der Waals surface area contributed by atoms with Crippen LogP contribution < -0.4 is 10.0 Å². The van der Waals surface area contributed by atoms with Gasteiger partial charge in [-0.2, -0.15) is 17.4 Å². The van der Waals surface area contributed by atoms with E-state index in [1.165, 1.54) is 11.1 Å². The van der Waals surface area contributed by atoms with Crippen LogP contribution in [0.5, 0.6) is 0 Å². The SMILES string of the molecule is CC1CCN(S(=O)(=O)NCc2ccc3c(c2)CNC3)CC1. The highest BCUT2D eigenvalue weighted by Crippen LogP contribution is 2.19. The summed E-state index contributed by atoms with van der Waals surface area (Å²) in [5.41, 5.74) is 3.61. The zero-order valence-electron chi connectivity index (χ0n) is 12.4. The summed E-state index contributed by atoms with van der Waals surface area (Å²) in [5, 5.41) is 3.30. The van der Waals surface area contributed by atoms with Crippen molar-refractivity contribution in [3.8, 4) is 0 Å². The van der Waals surface area contributed by atoms with Crippen molar-refractivity contribution in [2.75, 3.05) is 13.1 Å². The molecule has 0 aromatic heterocycles. The summed E-state index contributed by atoms with van der Waals surface area (Å²) in [7, 11) is -3.35. The topological polar surface area (TPSA) is 61.4 Å². The lowest BCUT2D eigenvalue weighted by molar-refractivity contribution is 0.285. The second-order valence-electron chi connectivity index (χ2n) is 6.11.